The van der Waals surface area contributed by atoms with Crippen LogP contribution in [0, 0.1) is 0 Å². The number of unbranched alkanes of at least 4 members (excludes halogenated alkanes) is 1. The summed E-state index contributed by atoms with van der Waals surface area (Å²) in [5.74, 6) is -4.19. The van der Waals surface area contributed by atoms with Crippen molar-refractivity contribution in [1.82, 2.24) is 21.3 Å². The fourth-order valence-corrected chi connectivity index (χ4v) is 4.61. The van der Waals surface area contributed by atoms with Gasteiger partial charge in [0.15, 0.2) is 0 Å². The highest BCUT2D eigenvalue weighted by Gasteiger charge is 2.31. The molecule has 0 bridgehead atoms. The fourth-order valence-electron chi connectivity index (χ4n) is 4.61. The smallest absolute Gasteiger partial charge is 0.329 e. The summed E-state index contributed by atoms with van der Waals surface area (Å²) in [4.78, 5) is 88.0. The SMILES string of the molecule is CC(C)(C)OC(=O)CC[C@H](NC(=O)N[C@@H](CCCCNC(=O)[C@H](Cc1ccccc1)NC(=O)CCC(=O)O)C(=O)OC(C)(C)C)C(=O)OC(C)(C)C. The summed E-state index contributed by atoms with van der Waals surface area (Å²) in [5, 5.41) is 19.4. The van der Waals surface area contributed by atoms with Crippen molar-refractivity contribution in [3.05, 3.63) is 35.9 Å². The standard InChI is InChI=1S/C37H58N4O11/c1-35(2,3)50-30(45)21-18-26(33(48)52-37(7,8)9)41-34(49)40-25(32(47)51-36(4,5)6)17-13-14-22-38-31(46)27(23-24-15-11-10-12-16-24)39-28(42)19-20-29(43)44/h10-12,15-16,25-27H,13-14,17-23H2,1-9H3,(H,38,46)(H,39,42)(H,43,44)(H2,40,41,49)/t25-,26-,27-/m0/s1. The Bertz CT molecular complexity index is 1360. The first-order valence-electron chi connectivity index (χ1n) is 17.5. The van der Waals surface area contributed by atoms with Gasteiger partial charge in [-0.3, -0.25) is 19.2 Å². The number of aliphatic carboxylic acids is 1. The lowest BCUT2D eigenvalue weighted by Gasteiger charge is -2.27. The number of carbonyl (C=O) groups excluding carboxylic acids is 6. The third-order valence-corrected chi connectivity index (χ3v) is 6.77. The van der Waals surface area contributed by atoms with E-state index in [-0.39, 0.29) is 45.1 Å². The van der Waals surface area contributed by atoms with Crippen LogP contribution in [0.1, 0.15) is 113 Å². The maximum atomic E-state index is 13.2. The molecule has 1 aromatic rings. The van der Waals surface area contributed by atoms with Crippen molar-refractivity contribution < 1.29 is 52.9 Å². The maximum Gasteiger partial charge on any atom is 0.329 e. The zero-order valence-electron chi connectivity index (χ0n) is 32.0. The van der Waals surface area contributed by atoms with Crippen molar-refractivity contribution in [2.45, 2.75) is 149 Å². The molecule has 292 valence electrons. The van der Waals surface area contributed by atoms with Crippen molar-refractivity contribution in [3.63, 3.8) is 0 Å². The summed E-state index contributed by atoms with van der Waals surface area (Å²) in [7, 11) is 0. The van der Waals surface area contributed by atoms with Gasteiger partial charge in [0, 0.05) is 25.8 Å². The largest absolute Gasteiger partial charge is 0.481 e. The third-order valence-electron chi connectivity index (χ3n) is 6.77. The van der Waals surface area contributed by atoms with Gasteiger partial charge < -0.3 is 40.6 Å². The predicted molar refractivity (Wildman–Crippen MR) is 192 cm³/mol. The summed E-state index contributed by atoms with van der Waals surface area (Å²) in [6, 6.07) is 4.87. The van der Waals surface area contributed by atoms with Gasteiger partial charge in [0.25, 0.3) is 0 Å². The van der Waals surface area contributed by atoms with Crippen LogP contribution in [0.2, 0.25) is 0 Å². The molecule has 0 saturated heterocycles. The summed E-state index contributed by atoms with van der Waals surface area (Å²) >= 11 is 0. The Morgan fingerprint density at radius 1 is 0.635 bits per heavy atom. The number of urea groups is 1. The first-order valence-corrected chi connectivity index (χ1v) is 17.5. The Balaban J connectivity index is 2.93. The predicted octanol–water partition coefficient (Wildman–Crippen LogP) is 3.71. The lowest BCUT2D eigenvalue weighted by Crippen LogP contribution is -2.53. The van der Waals surface area contributed by atoms with Gasteiger partial charge in [0.05, 0.1) is 6.42 Å². The van der Waals surface area contributed by atoms with Crippen LogP contribution in [0.4, 0.5) is 4.79 Å². The van der Waals surface area contributed by atoms with Gasteiger partial charge in [-0.1, -0.05) is 30.3 Å². The normalized spacial score (nSPS) is 13.4. The maximum absolute atomic E-state index is 13.2. The summed E-state index contributed by atoms with van der Waals surface area (Å²) < 4.78 is 16.3. The molecule has 15 nitrogen and oxygen atoms in total. The number of benzene rings is 1. The van der Waals surface area contributed by atoms with Crippen LogP contribution in [-0.2, 0) is 49.4 Å². The molecule has 0 spiro atoms. The summed E-state index contributed by atoms with van der Waals surface area (Å²) in [6.07, 6.45) is 0.107. The van der Waals surface area contributed by atoms with E-state index in [2.05, 4.69) is 21.3 Å². The molecule has 1 aromatic carbocycles. The van der Waals surface area contributed by atoms with Gasteiger partial charge in [0.2, 0.25) is 11.8 Å². The molecule has 0 aliphatic carbocycles. The van der Waals surface area contributed by atoms with Crippen molar-refractivity contribution in [2.24, 2.45) is 0 Å². The molecule has 3 atom stereocenters. The zero-order valence-corrected chi connectivity index (χ0v) is 32.0. The van der Waals surface area contributed by atoms with Crippen molar-refractivity contribution in [2.75, 3.05) is 6.54 Å². The van der Waals surface area contributed by atoms with E-state index in [4.69, 9.17) is 19.3 Å². The van der Waals surface area contributed by atoms with E-state index in [1.807, 2.05) is 6.07 Å². The number of nitrogens with one attached hydrogen (secondary N) is 4. The van der Waals surface area contributed by atoms with E-state index in [1.54, 1.807) is 86.6 Å². The first-order chi connectivity index (χ1) is 23.9. The lowest BCUT2D eigenvalue weighted by molar-refractivity contribution is -0.159. The highest BCUT2D eigenvalue weighted by Crippen LogP contribution is 2.15. The minimum absolute atomic E-state index is 0.112. The molecule has 0 radical (unpaired) electrons. The molecule has 0 aliphatic heterocycles. The molecule has 0 heterocycles. The fraction of sp³-hybridized carbons (Fsp3) is 0.649. The van der Waals surface area contributed by atoms with Crippen LogP contribution in [-0.4, -0.2) is 88.3 Å². The molecule has 0 aliphatic rings. The van der Waals surface area contributed by atoms with Crippen molar-refractivity contribution >= 4 is 41.7 Å². The number of carboxylic acid groups (broad SMARTS) is 1. The molecule has 5 N–H and O–H groups in total. The Labute approximate surface area is 306 Å². The summed E-state index contributed by atoms with van der Waals surface area (Å²) in [6.45, 7) is 15.3. The summed E-state index contributed by atoms with van der Waals surface area (Å²) in [5.41, 5.74) is -1.68. The van der Waals surface area contributed by atoms with Gasteiger partial charge in [-0.05, 0) is 93.6 Å². The van der Waals surface area contributed by atoms with E-state index in [0.717, 1.165) is 5.56 Å². The second-order valence-corrected chi connectivity index (χ2v) is 15.4. The number of hydrogen-bond acceptors (Lipinski definition) is 10. The van der Waals surface area contributed by atoms with Gasteiger partial charge in [-0.2, -0.15) is 0 Å². The Morgan fingerprint density at radius 2 is 1.15 bits per heavy atom. The molecule has 4 amide bonds. The van der Waals surface area contributed by atoms with E-state index in [0.29, 0.717) is 12.8 Å². The quantitative estimate of drug-likeness (QED) is 0.0785. The van der Waals surface area contributed by atoms with Crippen LogP contribution in [0.5, 0.6) is 0 Å². The number of carboxylic acids is 1. The number of carbonyl (C=O) groups is 7. The third kappa shape index (κ3) is 21.5. The minimum atomic E-state index is -1.23. The first kappa shape index (κ1) is 45.3. The number of hydrogen-bond donors (Lipinski definition) is 5. The van der Waals surface area contributed by atoms with E-state index >= 15 is 0 Å². The molecular formula is C37H58N4O11. The number of ether oxygens (including phenoxy) is 3. The minimum Gasteiger partial charge on any atom is -0.481 e. The number of rotatable bonds is 19. The second-order valence-electron chi connectivity index (χ2n) is 15.4. The average Bonchev–Trinajstić information content (AvgIpc) is 2.98. The topological polar surface area (TPSA) is 216 Å². The van der Waals surface area contributed by atoms with Crippen LogP contribution >= 0.6 is 0 Å². The van der Waals surface area contributed by atoms with Crippen LogP contribution in [0.15, 0.2) is 30.3 Å². The Morgan fingerprint density at radius 3 is 1.65 bits per heavy atom. The molecular weight excluding hydrogens is 676 g/mol. The molecule has 0 fully saturated rings. The van der Waals surface area contributed by atoms with E-state index in [9.17, 15) is 33.6 Å². The van der Waals surface area contributed by atoms with Crippen molar-refractivity contribution in [3.8, 4) is 0 Å². The van der Waals surface area contributed by atoms with Gasteiger partial charge in [-0.15, -0.1) is 0 Å². The molecule has 0 saturated carbocycles. The van der Waals surface area contributed by atoms with Gasteiger partial charge in [0.1, 0.15) is 34.9 Å². The molecule has 1 rings (SSSR count). The van der Waals surface area contributed by atoms with Crippen LogP contribution < -0.4 is 21.3 Å². The molecule has 0 unspecified atom stereocenters. The number of esters is 3. The number of amides is 4. The Kier molecular flexibility index (Phi) is 18.3. The highest BCUT2D eigenvalue weighted by molar-refractivity contribution is 5.89. The van der Waals surface area contributed by atoms with E-state index < -0.39 is 76.7 Å². The van der Waals surface area contributed by atoms with Gasteiger partial charge in [-0.25, -0.2) is 14.4 Å². The average molecular weight is 735 g/mol. The van der Waals surface area contributed by atoms with E-state index in [1.165, 1.54) is 0 Å². The lowest BCUT2D eigenvalue weighted by atomic mass is 10.0. The van der Waals surface area contributed by atoms with Crippen LogP contribution in [0.25, 0.3) is 0 Å². The Hall–Kier alpha value is -4.69. The zero-order chi connectivity index (χ0) is 39.7. The molecule has 15 heteroatoms. The highest BCUT2D eigenvalue weighted by atomic mass is 16.6. The molecule has 52 heavy (non-hydrogen) atoms. The molecule has 0 aromatic heterocycles. The second kappa shape index (κ2) is 21.0. The van der Waals surface area contributed by atoms with Gasteiger partial charge >= 0.3 is 29.9 Å². The van der Waals surface area contributed by atoms with Crippen molar-refractivity contribution in [1.29, 1.82) is 0 Å². The monoisotopic (exact) mass is 734 g/mol. The van der Waals surface area contributed by atoms with Crippen LogP contribution in [0.3, 0.4) is 0 Å².